The van der Waals surface area contributed by atoms with Gasteiger partial charge in [0.1, 0.15) is 5.82 Å². The molecule has 2 rings (SSSR count). The van der Waals surface area contributed by atoms with Gasteiger partial charge < -0.3 is 26.0 Å². The minimum absolute atomic E-state index is 0.0195. The lowest BCUT2D eigenvalue weighted by Crippen LogP contribution is -2.37. The fourth-order valence-corrected chi connectivity index (χ4v) is 2.65. The normalized spacial score (nSPS) is 11.6. The fourth-order valence-electron chi connectivity index (χ4n) is 2.65. The summed E-state index contributed by atoms with van der Waals surface area (Å²) in [6.45, 7) is 0.0273. The molecule has 28 heavy (non-hydrogen) atoms. The predicted molar refractivity (Wildman–Crippen MR) is 101 cm³/mol. The Labute approximate surface area is 161 Å². The third-order valence-electron chi connectivity index (χ3n) is 4.20. The van der Waals surface area contributed by atoms with Crippen LogP contribution in [0.1, 0.15) is 40.0 Å². The molecule has 2 aromatic rings. The molecule has 0 heterocycles. The standard InChI is InChI=1S/C20H23FN2O5/c21-16-9-2-1-7-14(16)19(27)22-11-4-3-6-13(12-24)23-20(28)15-8-5-10-17(25)18(15)26/h1-2,5,7-10,13,24-26H,3-4,6,11-12H2,(H,22,27)(H,23,28). The van der Waals surface area contributed by atoms with Gasteiger partial charge in [-0.3, -0.25) is 9.59 Å². The maximum absolute atomic E-state index is 13.5. The van der Waals surface area contributed by atoms with Crippen LogP contribution in [0.4, 0.5) is 4.39 Å². The number of hydrogen-bond donors (Lipinski definition) is 5. The molecule has 0 saturated heterocycles. The number of phenolic OH excluding ortho intramolecular Hbond substituents is 2. The SMILES string of the molecule is O=C(NCCCCC(CO)NC(=O)c1cccc(O)c1O)c1ccccc1F. The number of carbonyl (C=O) groups excluding carboxylic acids is 2. The van der Waals surface area contributed by atoms with E-state index in [1.807, 2.05) is 0 Å². The van der Waals surface area contributed by atoms with Crippen molar-refractivity contribution in [3.8, 4) is 11.5 Å². The van der Waals surface area contributed by atoms with Gasteiger partial charge in [0.25, 0.3) is 11.8 Å². The third-order valence-corrected chi connectivity index (χ3v) is 4.20. The van der Waals surface area contributed by atoms with Gasteiger partial charge in [0.15, 0.2) is 11.5 Å². The number of hydrogen-bond acceptors (Lipinski definition) is 5. The molecule has 1 unspecified atom stereocenters. The minimum Gasteiger partial charge on any atom is -0.504 e. The van der Waals surface area contributed by atoms with Gasteiger partial charge in [0.2, 0.25) is 0 Å². The second-order valence-electron chi connectivity index (χ2n) is 6.26. The Balaban J connectivity index is 1.75. The molecule has 0 fully saturated rings. The summed E-state index contributed by atoms with van der Waals surface area (Å²) in [5, 5.41) is 33.8. The van der Waals surface area contributed by atoms with E-state index >= 15 is 0 Å². The van der Waals surface area contributed by atoms with Crippen molar-refractivity contribution in [3.05, 3.63) is 59.4 Å². The summed E-state index contributed by atoms with van der Waals surface area (Å²) in [6.07, 6.45) is 1.61. The van der Waals surface area contributed by atoms with E-state index in [0.717, 1.165) is 0 Å². The first kappa shape index (κ1) is 21.2. The number of unbranched alkanes of at least 4 members (excludes halogenated alkanes) is 1. The molecular formula is C20H23FN2O5. The summed E-state index contributed by atoms with van der Waals surface area (Å²) in [5.74, 6) is -2.62. The Morgan fingerprint density at radius 1 is 0.964 bits per heavy atom. The Morgan fingerprint density at radius 2 is 1.68 bits per heavy atom. The van der Waals surface area contributed by atoms with Gasteiger partial charge in [-0.25, -0.2) is 4.39 Å². The number of aromatic hydroxyl groups is 2. The van der Waals surface area contributed by atoms with Crippen molar-refractivity contribution in [2.24, 2.45) is 0 Å². The molecule has 0 saturated carbocycles. The highest BCUT2D eigenvalue weighted by atomic mass is 19.1. The van der Waals surface area contributed by atoms with Crippen molar-refractivity contribution in [3.63, 3.8) is 0 Å². The Bertz CT molecular complexity index is 828. The van der Waals surface area contributed by atoms with Gasteiger partial charge in [-0.2, -0.15) is 0 Å². The average Bonchev–Trinajstić information content (AvgIpc) is 2.68. The number of amides is 2. The van der Waals surface area contributed by atoms with Crippen LogP contribution < -0.4 is 10.6 Å². The molecule has 5 N–H and O–H groups in total. The Morgan fingerprint density at radius 3 is 2.39 bits per heavy atom. The van der Waals surface area contributed by atoms with Gasteiger partial charge >= 0.3 is 0 Å². The maximum Gasteiger partial charge on any atom is 0.255 e. The lowest BCUT2D eigenvalue weighted by atomic mass is 10.1. The highest BCUT2D eigenvalue weighted by molar-refractivity contribution is 5.97. The summed E-state index contributed by atoms with van der Waals surface area (Å²) in [4.78, 5) is 24.1. The number of aliphatic hydroxyl groups is 1. The van der Waals surface area contributed by atoms with E-state index in [0.29, 0.717) is 25.8 Å². The van der Waals surface area contributed by atoms with E-state index in [9.17, 15) is 29.3 Å². The largest absolute Gasteiger partial charge is 0.504 e. The first-order chi connectivity index (χ1) is 13.4. The summed E-state index contributed by atoms with van der Waals surface area (Å²) < 4.78 is 13.5. The summed E-state index contributed by atoms with van der Waals surface area (Å²) >= 11 is 0. The van der Waals surface area contributed by atoms with E-state index < -0.39 is 35.2 Å². The zero-order valence-corrected chi connectivity index (χ0v) is 15.2. The van der Waals surface area contributed by atoms with Crippen molar-refractivity contribution in [1.82, 2.24) is 10.6 Å². The van der Waals surface area contributed by atoms with Gasteiger partial charge in [-0.1, -0.05) is 18.2 Å². The molecule has 150 valence electrons. The number of para-hydroxylation sites is 1. The van der Waals surface area contributed by atoms with Crippen LogP contribution in [0.25, 0.3) is 0 Å². The summed E-state index contributed by atoms with van der Waals surface area (Å²) in [6, 6.07) is 9.20. The number of halogens is 1. The molecule has 0 aromatic heterocycles. The average molecular weight is 390 g/mol. The van der Waals surface area contributed by atoms with E-state index in [2.05, 4.69) is 10.6 Å². The molecule has 0 aliphatic carbocycles. The first-order valence-corrected chi connectivity index (χ1v) is 8.89. The molecule has 0 bridgehead atoms. The predicted octanol–water partition coefficient (Wildman–Crippen LogP) is 1.93. The number of phenols is 2. The third kappa shape index (κ3) is 5.68. The second kappa shape index (κ2) is 10.3. The molecule has 8 heteroatoms. The number of nitrogens with one attached hydrogen (secondary N) is 2. The van der Waals surface area contributed by atoms with Gasteiger partial charge in [-0.05, 0) is 43.5 Å². The van der Waals surface area contributed by atoms with E-state index in [4.69, 9.17) is 0 Å². The van der Waals surface area contributed by atoms with E-state index in [-0.39, 0.29) is 17.7 Å². The van der Waals surface area contributed by atoms with Crippen LogP contribution in [0.15, 0.2) is 42.5 Å². The molecule has 0 aliphatic heterocycles. The summed E-state index contributed by atoms with van der Waals surface area (Å²) in [7, 11) is 0. The number of carbonyl (C=O) groups is 2. The topological polar surface area (TPSA) is 119 Å². The molecular weight excluding hydrogens is 367 g/mol. The van der Waals surface area contributed by atoms with Crippen molar-refractivity contribution in [1.29, 1.82) is 0 Å². The van der Waals surface area contributed by atoms with Crippen LogP contribution >= 0.6 is 0 Å². The minimum atomic E-state index is -0.611. The van der Waals surface area contributed by atoms with E-state index in [1.165, 1.54) is 36.4 Å². The quantitative estimate of drug-likeness (QED) is 0.331. The molecule has 1 atom stereocenters. The summed E-state index contributed by atoms with van der Waals surface area (Å²) in [5.41, 5.74) is -0.107. The van der Waals surface area contributed by atoms with Crippen LogP contribution in [0.2, 0.25) is 0 Å². The molecule has 0 radical (unpaired) electrons. The maximum atomic E-state index is 13.5. The van der Waals surface area contributed by atoms with Gasteiger partial charge in [0.05, 0.1) is 23.8 Å². The highest BCUT2D eigenvalue weighted by Gasteiger charge is 2.17. The molecule has 2 amide bonds. The van der Waals surface area contributed by atoms with Crippen LogP contribution in [-0.2, 0) is 0 Å². The second-order valence-corrected chi connectivity index (χ2v) is 6.26. The number of benzene rings is 2. The van der Waals surface area contributed by atoms with Crippen molar-refractivity contribution < 1.29 is 29.3 Å². The number of rotatable bonds is 9. The molecule has 0 aliphatic rings. The van der Waals surface area contributed by atoms with Crippen LogP contribution in [-0.4, -0.2) is 46.3 Å². The zero-order chi connectivity index (χ0) is 20.5. The fraction of sp³-hybridized carbons (Fsp3) is 0.300. The lowest BCUT2D eigenvalue weighted by Gasteiger charge is -2.17. The van der Waals surface area contributed by atoms with Gasteiger partial charge in [-0.15, -0.1) is 0 Å². The molecule has 2 aromatic carbocycles. The van der Waals surface area contributed by atoms with Crippen LogP contribution in [0, 0.1) is 5.82 Å². The smallest absolute Gasteiger partial charge is 0.255 e. The highest BCUT2D eigenvalue weighted by Crippen LogP contribution is 2.28. The van der Waals surface area contributed by atoms with Crippen molar-refractivity contribution >= 4 is 11.8 Å². The molecule has 7 nitrogen and oxygen atoms in total. The van der Waals surface area contributed by atoms with Gasteiger partial charge in [0, 0.05) is 6.54 Å². The van der Waals surface area contributed by atoms with Crippen LogP contribution in [0.5, 0.6) is 11.5 Å². The lowest BCUT2D eigenvalue weighted by molar-refractivity contribution is 0.0908. The van der Waals surface area contributed by atoms with Crippen molar-refractivity contribution in [2.45, 2.75) is 25.3 Å². The Hall–Kier alpha value is -3.13. The van der Waals surface area contributed by atoms with E-state index in [1.54, 1.807) is 6.07 Å². The number of aliphatic hydroxyl groups excluding tert-OH is 1. The zero-order valence-electron chi connectivity index (χ0n) is 15.2. The Kier molecular flexibility index (Phi) is 7.76. The van der Waals surface area contributed by atoms with Crippen LogP contribution in [0.3, 0.4) is 0 Å². The van der Waals surface area contributed by atoms with Crippen molar-refractivity contribution in [2.75, 3.05) is 13.2 Å². The first-order valence-electron chi connectivity index (χ1n) is 8.89. The molecule has 0 spiro atoms. The monoisotopic (exact) mass is 390 g/mol.